The third-order valence-corrected chi connectivity index (χ3v) is 7.26. The van der Waals surface area contributed by atoms with E-state index in [0.717, 1.165) is 29.1 Å². The maximum atomic E-state index is 12.9. The van der Waals surface area contributed by atoms with Crippen molar-refractivity contribution in [2.45, 2.75) is 39.0 Å². The summed E-state index contributed by atoms with van der Waals surface area (Å²) in [7, 11) is 0. The van der Waals surface area contributed by atoms with E-state index in [2.05, 4.69) is 5.32 Å². The van der Waals surface area contributed by atoms with Gasteiger partial charge >= 0.3 is 5.97 Å². The molecule has 168 valence electrons. The molecule has 1 aliphatic heterocycles. The SMILES string of the molecule is CCOC(=O)c1c(-c2ccccc2Cl)csc1NC(=O)CN1C(=O)CC2(CCCC2)C1=O. The van der Waals surface area contributed by atoms with Crippen molar-refractivity contribution < 1.29 is 23.9 Å². The molecule has 2 fully saturated rings. The highest BCUT2D eigenvalue weighted by molar-refractivity contribution is 7.15. The van der Waals surface area contributed by atoms with E-state index in [1.54, 1.807) is 36.6 Å². The van der Waals surface area contributed by atoms with Gasteiger partial charge < -0.3 is 10.1 Å². The molecule has 9 heteroatoms. The zero-order chi connectivity index (χ0) is 22.9. The van der Waals surface area contributed by atoms with E-state index < -0.39 is 17.3 Å². The average Bonchev–Trinajstić information content (AvgIpc) is 3.44. The van der Waals surface area contributed by atoms with Gasteiger partial charge in [-0.25, -0.2) is 4.79 Å². The quantitative estimate of drug-likeness (QED) is 0.491. The first-order chi connectivity index (χ1) is 15.4. The number of ether oxygens (including phenoxy) is 1. The maximum absolute atomic E-state index is 12.9. The molecule has 1 spiro atoms. The first-order valence-corrected chi connectivity index (χ1v) is 11.8. The Morgan fingerprint density at radius 1 is 1.19 bits per heavy atom. The Morgan fingerprint density at radius 3 is 2.59 bits per heavy atom. The number of halogens is 1. The molecular formula is C23H23ClN2O5S. The standard InChI is InChI=1S/C23H23ClN2O5S/c1-2-31-21(29)19-15(14-7-3-4-8-16(14)24)13-32-20(19)25-17(27)12-26-18(28)11-23(22(26)30)9-5-6-10-23/h3-4,7-8,13H,2,5-6,9-12H2,1H3,(H,25,27). The van der Waals surface area contributed by atoms with Crippen LogP contribution >= 0.6 is 22.9 Å². The van der Waals surface area contributed by atoms with Crippen LogP contribution in [0.3, 0.4) is 0 Å². The van der Waals surface area contributed by atoms with Crippen LogP contribution in [-0.2, 0) is 19.1 Å². The van der Waals surface area contributed by atoms with Crippen LogP contribution < -0.4 is 5.32 Å². The number of hydrogen-bond acceptors (Lipinski definition) is 6. The molecule has 1 saturated heterocycles. The van der Waals surface area contributed by atoms with Gasteiger partial charge in [-0.2, -0.15) is 0 Å². The van der Waals surface area contributed by atoms with Gasteiger partial charge in [0.05, 0.1) is 12.0 Å². The van der Waals surface area contributed by atoms with Crippen molar-refractivity contribution in [3.05, 3.63) is 40.2 Å². The van der Waals surface area contributed by atoms with Gasteiger partial charge in [-0.05, 0) is 25.8 Å². The van der Waals surface area contributed by atoms with Crippen LogP contribution in [0.2, 0.25) is 5.02 Å². The summed E-state index contributed by atoms with van der Waals surface area (Å²) in [6.07, 6.45) is 3.39. The second-order valence-electron chi connectivity index (χ2n) is 8.05. The number of esters is 1. The predicted molar refractivity (Wildman–Crippen MR) is 122 cm³/mol. The number of thiophene rings is 1. The fourth-order valence-electron chi connectivity index (χ4n) is 4.51. The molecule has 0 radical (unpaired) electrons. The number of anilines is 1. The van der Waals surface area contributed by atoms with Gasteiger partial charge in [-0.3, -0.25) is 19.3 Å². The second kappa shape index (κ2) is 9.03. The van der Waals surface area contributed by atoms with Crippen molar-refractivity contribution >= 4 is 51.6 Å². The minimum absolute atomic E-state index is 0.169. The van der Waals surface area contributed by atoms with E-state index in [-0.39, 0.29) is 42.0 Å². The van der Waals surface area contributed by atoms with Crippen LogP contribution in [0.5, 0.6) is 0 Å². The largest absolute Gasteiger partial charge is 0.462 e. The van der Waals surface area contributed by atoms with Crippen molar-refractivity contribution in [3.8, 4) is 11.1 Å². The normalized spacial score (nSPS) is 17.2. The Balaban J connectivity index is 1.57. The number of carbonyl (C=O) groups is 4. The lowest BCUT2D eigenvalue weighted by molar-refractivity contribution is -0.143. The maximum Gasteiger partial charge on any atom is 0.341 e. The van der Waals surface area contributed by atoms with Crippen LogP contribution in [0.15, 0.2) is 29.6 Å². The molecule has 0 atom stereocenters. The first-order valence-electron chi connectivity index (χ1n) is 10.5. The van der Waals surface area contributed by atoms with E-state index in [9.17, 15) is 19.2 Å². The molecule has 0 unspecified atom stereocenters. The summed E-state index contributed by atoms with van der Waals surface area (Å²) < 4.78 is 5.20. The number of imide groups is 1. The fourth-order valence-corrected chi connectivity index (χ4v) is 5.71. The van der Waals surface area contributed by atoms with E-state index in [1.807, 2.05) is 0 Å². The summed E-state index contributed by atoms with van der Waals surface area (Å²) in [5.41, 5.74) is 0.757. The zero-order valence-corrected chi connectivity index (χ0v) is 19.2. The lowest BCUT2D eigenvalue weighted by atomic mass is 9.84. The van der Waals surface area contributed by atoms with Crippen molar-refractivity contribution in [1.29, 1.82) is 0 Å². The number of nitrogens with zero attached hydrogens (tertiary/aromatic N) is 1. The number of amides is 3. The van der Waals surface area contributed by atoms with Crippen LogP contribution in [0.25, 0.3) is 11.1 Å². The fraction of sp³-hybridized carbons (Fsp3) is 0.391. The zero-order valence-electron chi connectivity index (χ0n) is 17.6. The van der Waals surface area contributed by atoms with Gasteiger partial charge in [-0.1, -0.05) is 42.6 Å². The van der Waals surface area contributed by atoms with E-state index in [1.165, 1.54) is 0 Å². The Hall–Kier alpha value is -2.71. The highest BCUT2D eigenvalue weighted by Crippen LogP contribution is 2.47. The van der Waals surface area contributed by atoms with E-state index in [0.29, 0.717) is 29.0 Å². The van der Waals surface area contributed by atoms with Gasteiger partial charge in [0.15, 0.2) is 0 Å². The molecule has 1 aromatic heterocycles. The molecule has 1 N–H and O–H groups in total. The molecule has 1 saturated carbocycles. The molecular weight excluding hydrogens is 452 g/mol. The van der Waals surface area contributed by atoms with Gasteiger partial charge in [0.2, 0.25) is 17.7 Å². The van der Waals surface area contributed by atoms with Gasteiger partial charge in [-0.15, -0.1) is 11.3 Å². The summed E-state index contributed by atoms with van der Waals surface area (Å²) in [6.45, 7) is 1.49. The van der Waals surface area contributed by atoms with Crippen molar-refractivity contribution in [2.24, 2.45) is 5.41 Å². The third-order valence-electron chi connectivity index (χ3n) is 6.04. The summed E-state index contributed by atoms with van der Waals surface area (Å²) in [6, 6.07) is 7.08. The summed E-state index contributed by atoms with van der Waals surface area (Å²) >= 11 is 7.48. The second-order valence-corrected chi connectivity index (χ2v) is 9.34. The molecule has 7 nitrogen and oxygen atoms in total. The molecule has 1 aromatic carbocycles. The van der Waals surface area contributed by atoms with E-state index >= 15 is 0 Å². The lowest BCUT2D eigenvalue weighted by Gasteiger charge is -2.20. The van der Waals surface area contributed by atoms with Crippen molar-refractivity contribution in [3.63, 3.8) is 0 Å². The molecule has 1 aliphatic carbocycles. The van der Waals surface area contributed by atoms with Crippen LogP contribution in [0.4, 0.5) is 5.00 Å². The number of nitrogens with one attached hydrogen (secondary N) is 1. The molecule has 2 aliphatic rings. The average molecular weight is 475 g/mol. The van der Waals surface area contributed by atoms with Crippen LogP contribution in [0, 0.1) is 5.41 Å². The highest BCUT2D eigenvalue weighted by atomic mass is 35.5. The van der Waals surface area contributed by atoms with Gasteiger partial charge in [0.1, 0.15) is 17.1 Å². The number of rotatable bonds is 6. The molecule has 32 heavy (non-hydrogen) atoms. The van der Waals surface area contributed by atoms with Gasteiger partial charge in [0.25, 0.3) is 0 Å². The topological polar surface area (TPSA) is 92.8 Å². The Morgan fingerprint density at radius 2 is 1.91 bits per heavy atom. The van der Waals surface area contributed by atoms with Crippen LogP contribution in [-0.4, -0.2) is 41.7 Å². The number of likely N-dealkylation sites (tertiary alicyclic amines) is 1. The smallest absolute Gasteiger partial charge is 0.341 e. The molecule has 2 aromatic rings. The number of benzene rings is 1. The van der Waals surface area contributed by atoms with Crippen molar-refractivity contribution in [2.75, 3.05) is 18.5 Å². The first kappa shape index (κ1) is 22.5. The Kier molecular flexibility index (Phi) is 6.35. The third kappa shape index (κ3) is 4.04. The lowest BCUT2D eigenvalue weighted by Crippen LogP contribution is -2.40. The predicted octanol–water partition coefficient (Wildman–Crippen LogP) is 4.50. The minimum Gasteiger partial charge on any atom is -0.462 e. The summed E-state index contributed by atoms with van der Waals surface area (Å²) in [5, 5.41) is 5.17. The highest BCUT2D eigenvalue weighted by Gasteiger charge is 2.52. The summed E-state index contributed by atoms with van der Waals surface area (Å²) in [5.74, 6) is -1.71. The Bertz CT molecular complexity index is 1090. The molecule has 4 rings (SSSR count). The van der Waals surface area contributed by atoms with Crippen molar-refractivity contribution in [1.82, 2.24) is 4.90 Å². The molecule has 0 bridgehead atoms. The Labute approximate surface area is 194 Å². The van der Waals surface area contributed by atoms with Crippen LogP contribution in [0.1, 0.15) is 49.4 Å². The molecule has 2 heterocycles. The van der Waals surface area contributed by atoms with Gasteiger partial charge in [0, 0.05) is 28.0 Å². The summed E-state index contributed by atoms with van der Waals surface area (Å²) in [4.78, 5) is 51.8. The monoisotopic (exact) mass is 474 g/mol. The minimum atomic E-state index is -0.631. The number of carbonyl (C=O) groups excluding carboxylic acids is 4. The van der Waals surface area contributed by atoms with E-state index in [4.69, 9.17) is 16.3 Å². The number of hydrogen-bond donors (Lipinski definition) is 1. The molecule has 3 amide bonds.